The SMILES string of the molecule is CC(C)c1nnnn1-c1cc(C(=O)CC(C)(C)C2CC2)cc(-c2ccc(C(F)(F)F)cc2)c1. The van der Waals surface area contributed by atoms with Gasteiger partial charge in [0.15, 0.2) is 11.6 Å². The highest BCUT2D eigenvalue weighted by Gasteiger charge is 2.39. The van der Waals surface area contributed by atoms with Gasteiger partial charge < -0.3 is 0 Å². The van der Waals surface area contributed by atoms with Crippen molar-refractivity contribution in [3.8, 4) is 16.8 Å². The number of alkyl halides is 3. The Hall–Kier alpha value is -3.03. The van der Waals surface area contributed by atoms with Gasteiger partial charge in [0.05, 0.1) is 11.3 Å². The van der Waals surface area contributed by atoms with Crippen molar-refractivity contribution in [3.63, 3.8) is 0 Å². The van der Waals surface area contributed by atoms with E-state index in [9.17, 15) is 18.0 Å². The Balaban J connectivity index is 1.78. The van der Waals surface area contributed by atoms with Gasteiger partial charge in [0.25, 0.3) is 0 Å². The first kappa shape index (κ1) is 23.1. The molecule has 2 aromatic carbocycles. The van der Waals surface area contributed by atoms with Crippen LogP contribution in [0.3, 0.4) is 0 Å². The standard InChI is InChI=1S/C25H27F3N4O/c1-15(2)23-29-30-31-32(23)21-12-17(16-5-7-20(8-6-16)25(26,27)28)11-18(13-21)22(33)14-24(3,4)19-9-10-19/h5-8,11-13,15,19H,9-10,14H2,1-4H3. The molecular formula is C25H27F3N4O. The van der Waals surface area contributed by atoms with E-state index in [0.717, 1.165) is 25.0 Å². The number of carbonyl (C=O) groups excluding carboxylic acids is 1. The molecule has 1 aliphatic rings. The van der Waals surface area contributed by atoms with Crippen LogP contribution in [0.1, 0.15) is 74.6 Å². The molecule has 0 bridgehead atoms. The first-order valence-corrected chi connectivity index (χ1v) is 11.1. The number of benzene rings is 2. The fourth-order valence-corrected chi connectivity index (χ4v) is 4.18. The monoisotopic (exact) mass is 456 g/mol. The summed E-state index contributed by atoms with van der Waals surface area (Å²) in [7, 11) is 0. The molecule has 0 aliphatic heterocycles. The van der Waals surface area contributed by atoms with Gasteiger partial charge in [-0.1, -0.05) is 39.8 Å². The quantitative estimate of drug-likeness (QED) is 0.382. The van der Waals surface area contributed by atoms with Gasteiger partial charge in [0.2, 0.25) is 0 Å². The van der Waals surface area contributed by atoms with Gasteiger partial charge in [-0.2, -0.15) is 17.9 Å². The Morgan fingerprint density at radius 2 is 1.73 bits per heavy atom. The van der Waals surface area contributed by atoms with Crippen molar-refractivity contribution in [1.82, 2.24) is 20.2 Å². The van der Waals surface area contributed by atoms with Crippen LogP contribution in [0, 0.1) is 11.3 Å². The van der Waals surface area contributed by atoms with Crippen LogP contribution in [0.15, 0.2) is 42.5 Å². The molecule has 0 atom stereocenters. The summed E-state index contributed by atoms with van der Waals surface area (Å²) in [6.07, 6.45) is -1.73. The second kappa shape index (κ2) is 8.39. The Morgan fingerprint density at radius 3 is 2.30 bits per heavy atom. The summed E-state index contributed by atoms with van der Waals surface area (Å²) in [5, 5.41) is 12.0. The van der Waals surface area contributed by atoms with Gasteiger partial charge in [0, 0.05) is 17.9 Å². The predicted octanol–water partition coefficient (Wildman–Crippen LogP) is 6.48. The molecular weight excluding hydrogens is 429 g/mol. The number of ketones is 1. The highest BCUT2D eigenvalue weighted by Crippen LogP contribution is 2.47. The van der Waals surface area contributed by atoms with Crippen LogP contribution < -0.4 is 0 Å². The van der Waals surface area contributed by atoms with Crippen molar-refractivity contribution in [3.05, 3.63) is 59.4 Å². The van der Waals surface area contributed by atoms with Crippen molar-refractivity contribution in [2.45, 2.75) is 59.1 Å². The van der Waals surface area contributed by atoms with Crippen LogP contribution in [0.2, 0.25) is 0 Å². The Morgan fingerprint density at radius 1 is 1.06 bits per heavy atom. The zero-order valence-electron chi connectivity index (χ0n) is 19.1. The largest absolute Gasteiger partial charge is 0.416 e. The van der Waals surface area contributed by atoms with Crippen molar-refractivity contribution in [2.24, 2.45) is 11.3 Å². The van der Waals surface area contributed by atoms with E-state index >= 15 is 0 Å². The molecule has 1 saturated carbocycles. The van der Waals surface area contributed by atoms with Gasteiger partial charge in [-0.3, -0.25) is 4.79 Å². The molecule has 1 heterocycles. The van der Waals surface area contributed by atoms with E-state index in [1.165, 1.54) is 12.1 Å². The van der Waals surface area contributed by atoms with Crippen molar-refractivity contribution in [2.75, 3.05) is 0 Å². The summed E-state index contributed by atoms with van der Waals surface area (Å²) in [5.74, 6) is 1.23. The number of Topliss-reactive ketones (excluding diaryl/α,β-unsaturated/α-hetero) is 1. The molecule has 1 fully saturated rings. The molecule has 174 valence electrons. The van der Waals surface area contributed by atoms with E-state index in [2.05, 4.69) is 29.4 Å². The first-order chi connectivity index (χ1) is 15.5. The minimum atomic E-state index is -4.41. The predicted molar refractivity (Wildman–Crippen MR) is 119 cm³/mol. The molecule has 5 nitrogen and oxygen atoms in total. The maximum Gasteiger partial charge on any atom is 0.416 e. The number of carbonyl (C=O) groups is 1. The third-order valence-corrected chi connectivity index (χ3v) is 6.34. The number of halogens is 3. The maximum absolute atomic E-state index is 13.3. The summed E-state index contributed by atoms with van der Waals surface area (Å²) in [6.45, 7) is 8.15. The van der Waals surface area contributed by atoms with Crippen molar-refractivity contribution < 1.29 is 18.0 Å². The number of nitrogens with zero attached hydrogens (tertiary/aromatic N) is 4. The summed E-state index contributed by atoms with van der Waals surface area (Å²) in [4.78, 5) is 13.3. The van der Waals surface area contributed by atoms with E-state index < -0.39 is 11.7 Å². The van der Waals surface area contributed by atoms with Crippen molar-refractivity contribution >= 4 is 5.78 Å². The van der Waals surface area contributed by atoms with E-state index in [1.54, 1.807) is 22.9 Å². The average Bonchev–Trinajstić information content (AvgIpc) is 3.50. The molecule has 4 rings (SSSR count). The topological polar surface area (TPSA) is 60.7 Å². The Kier molecular flexibility index (Phi) is 5.88. The van der Waals surface area contributed by atoms with Gasteiger partial charge in [-0.15, -0.1) is 5.10 Å². The molecule has 1 aromatic heterocycles. The number of hydrogen-bond donors (Lipinski definition) is 0. The normalized spacial score (nSPS) is 14.7. The van der Waals surface area contributed by atoms with Crippen LogP contribution in [0.4, 0.5) is 13.2 Å². The van der Waals surface area contributed by atoms with Crippen LogP contribution in [0.25, 0.3) is 16.8 Å². The van der Waals surface area contributed by atoms with Crippen LogP contribution >= 0.6 is 0 Å². The third-order valence-electron chi connectivity index (χ3n) is 6.34. The minimum absolute atomic E-state index is 0.00100. The van der Waals surface area contributed by atoms with Gasteiger partial charge in [-0.05, 0) is 76.1 Å². The lowest BCUT2D eigenvalue weighted by Crippen LogP contribution is -2.19. The summed E-state index contributed by atoms with van der Waals surface area (Å²) >= 11 is 0. The summed E-state index contributed by atoms with van der Waals surface area (Å²) < 4.78 is 40.6. The molecule has 1 aliphatic carbocycles. The zero-order valence-corrected chi connectivity index (χ0v) is 19.1. The summed E-state index contributed by atoms with van der Waals surface area (Å²) in [6, 6.07) is 10.3. The highest BCUT2D eigenvalue weighted by atomic mass is 19.4. The summed E-state index contributed by atoms with van der Waals surface area (Å²) in [5.41, 5.74) is 1.51. The van der Waals surface area contributed by atoms with E-state index in [1.807, 2.05) is 13.8 Å². The Bertz CT molecular complexity index is 1160. The highest BCUT2D eigenvalue weighted by molar-refractivity contribution is 5.98. The lowest BCUT2D eigenvalue weighted by molar-refractivity contribution is -0.137. The average molecular weight is 457 g/mol. The molecule has 3 aromatic rings. The molecule has 0 radical (unpaired) electrons. The molecule has 0 amide bonds. The van der Waals surface area contributed by atoms with E-state index in [4.69, 9.17) is 0 Å². The fraction of sp³-hybridized carbons (Fsp3) is 0.440. The number of rotatable bonds is 7. The minimum Gasteiger partial charge on any atom is -0.294 e. The second-order valence-corrected chi connectivity index (χ2v) is 9.81. The molecule has 0 unspecified atom stereocenters. The smallest absolute Gasteiger partial charge is 0.294 e. The molecule has 0 saturated heterocycles. The fourth-order valence-electron chi connectivity index (χ4n) is 4.18. The maximum atomic E-state index is 13.3. The van der Waals surface area contributed by atoms with Gasteiger partial charge >= 0.3 is 6.18 Å². The van der Waals surface area contributed by atoms with E-state index in [0.29, 0.717) is 40.5 Å². The molecule has 0 N–H and O–H groups in total. The second-order valence-electron chi connectivity index (χ2n) is 9.81. The van der Waals surface area contributed by atoms with E-state index in [-0.39, 0.29) is 17.1 Å². The van der Waals surface area contributed by atoms with Crippen LogP contribution in [0.5, 0.6) is 0 Å². The lowest BCUT2D eigenvalue weighted by atomic mass is 9.80. The Labute approximate surface area is 191 Å². The van der Waals surface area contributed by atoms with Crippen LogP contribution in [-0.2, 0) is 6.18 Å². The number of hydrogen-bond acceptors (Lipinski definition) is 4. The van der Waals surface area contributed by atoms with Gasteiger partial charge in [-0.25, -0.2) is 0 Å². The molecule has 33 heavy (non-hydrogen) atoms. The van der Waals surface area contributed by atoms with Crippen molar-refractivity contribution in [1.29, 1.82) is 0 Å². The zero-order chi connectivity index (χ0) is 24.0. The molecule has 0 spiro atoms. The number of aromatic nitrogens is 4. The van der Waals surface area contributed by atoms with Crippen LogP contribution in [-0.4, -0.2) is 26.0 Å². The third kappa shape index (κ3) is 4.99. The lowest BCUT2D eigenvalue weighted by Gasteiger charge is -2.23. The first-order valence-electron chi connectivity index (χ1n) is 11.1. The molecule has 8 heteroatoms. The van der Waals surface area contributed by atoms with Gasteiger partial charge in [0.1, 0.15) is 0 Å². The number of tetrazole rings is 1.